The molecule has 0 N–H and O–H groups in total. The quantitative estimate of drug-likeness (QED) is 0.620. The van der Waals surface area contributed by atoms with Gasteiger partial charge in [-0.2, -0.15) is 0 Å². The minimum absolute atomic E-state index is 0.240. The summed E-state index contributed by atoms with van der Waals surface area (Å²) in [6.45, 7) is 0. The molecule has 0 saturated carbocycles. The highest BCUT2D eigenvalue weighted by atomic mass is 35.5. The van der Waals surface area contributed by atoms with Crippen molar-refractivity contribution in [2.45, 2.75) is 0 Å². The van der Waals surface area contributed by atoms with E-state index in [0.717, 1.165) is 0 Å². The number of imidazole rings is 1. The Morgan fingerprint density at radius 2 is 2.42 bits per heavy atom. The van der Waals surface area contributed by atoms with E-state index in [-0.39, 0.29) is 5.69 Å². The van der Waals surface area contributed by atoms with Gasteiger partial charge in [-0.25, -0.2) is 9.97 Å². The van der Waals surface area contributed by atoms with Crippen LogP contribution < -0.4 is 0 Å². The zero-order chi connectivity index (χ0) is 8.55. The van der Waals surface area contributed by atoms with Gasteiger partial charge in [-0.15, -0.1) is 0 Å². The molecule has 0 fully saturated rings. The Kier molecular flexibility index (Phi) is 1.55. The van der Waals surface area contributed by atoms with Crippen LogP contribution in [0.25, 0.3) is 5.65 Å². The molecule has 0 aliphatic heterocycles. The number of carbonyl (C=O) groups is 1. The third-order valence-electron chi connectivity index (χ3n) is 1.46. The van der Waals surface area contributed by atoms with Crippen LogP contribution in [0.4, 0.5) is 0 Å². The lowest BCUT2D eigenvalue weighted by Crippen LogP contribution is -1.86. The van der Waals surface area contributed by atoms with Gasteiger partial charge in [0.05, 0.1) is 0 Å². The summed E-state index contributed by atoms with van der Waals surface area (Å²) >= 11 is 5.24. The van der Waals surface area contributed by atoms with Crippen LogP contribution in [0.3, 0.4) is 0 Å². The maximum Gasteiger partial charge on any atom is 0.272 e. The first-order chi connectivity index (χ1) is 5.77. The van der Waals surface area contributed by atoms with Gasteiger partial charge >= 0.3 is 0 Å². The molecule has 2 rings (SSSR count). The van der Waals surface area contributed by atoms with Gasteiger partial charge < -0.3 is 0 Å². The molecule has 0 aliphatic rings. The normalized spacial score (nSPS) is 10.4. The molecule has 0 atom stereocenters. The third kappa shape index (κ3) is 1.06. The zero-order valence-electron chi connectivity index (χ0n) is 5.94. The van der Waals surface area contributed by atoms with Gasteiger partial charge in [0, 0.05) is 12.4 Å². The van der Waals surface area contributed by atoms with Crippen LogP contribution in [0.5, 0.6) is 0 Å². The van der Waals surface area contributed by atoms with E-state index >= 15 is 0 Å². The van der Waals surface area contributed by atoms with Gasteiger partial charge in [-0.1, -0.05) is 0 Å². The molecule has 0 aromatic carbocycles. The number of carbonyl (C=O) groups excluding carboxylic acids is 1. The predicted octanol–water partition coefficient (Wildman–Crippen LogP) is 1.11. The first-order valence-corrected chi connectivity index (χ1v) is 3.64. The van der Waals surface area contributed by atoms with Gasteiger partial charge in [0.2, 0.25) is 0 Å². The topological polar surface area (TPSA) is 47.3 Å². The van der Waals surface area contributed by atoms with E-state index < -0.39 is 5.24 Å². The minimum Gasteiger partial charge on any atom is -0.290 e. The average molecular weight is 182 g/mol. The highest BCUT2D eigenvalue weighted by molar-refractivity contribution is 6.67. The van der Waals surface area contributed by atoms with Crippen LogP contribution in [-0.4, -0.2) is 19.6 Å². The van der Waals surface area contributed by atoms with Crippen LogP contribution in [0.2, 0.25) is 0 Å². The molecule has 0 amide bonds. The lowest BCUT2D eigenvalue weighted by Gasteiger charge is -1.85. The van der Waals surface area contributed by atoms with Crippen LogP contribution in [0, 0.1) is 0 Å². The molecule has 0 bridgehead atoms. The van der Waals surface area contributed by atoms with Crippen molar-refractivity contribution in [2.75, 3.05) is 0 Å². The maximum absolute atomic E-state index is 10.7. The highest BCUT2D eigenvalue weighted by Crippen LogP contribution is 2.05. The Bertz CT molecular complexity index is 404. The van der Waals surface area contributed by atoms with Crippen molar-refractivity contribution in [3.63, 3.8) is 0 Å². The van der Waals surface area contributed by atoms with Crippen molar-refractivity contribution < 1.29 is 4.79 Å². The number of rotatable bonds is 1. The average Bonchev–Trinajstić information content (AvgIpc) is 2.46. The Hall–Kier alpha value is -1.42. The van der Waals surface area contributed by atoms with Crippen molar-refractivity contribution in [3.05, 3.63) is 30.5 Å². The summed E-state index contributed by atoms with van der Waals surface area (Å²) in [4.78, 5) is 18.5. The largest absolute Gasteiger partial charge is 0.290 e. The fourth-order valence-corrected chi connectivity index (χ4v) is 1.03. The van der Waals surface area contributed by atoms with Crippen LogP contribution in [0.15, 0.2) is 24.8 Å². The van der Waals surface area contributed by atoms with E-state index in [1.165, 1.54) is 6.20 Å². The highest BCUT2D eigenvalue weighted by Gasteiger charge is 2.06. The minimum atomic E-state index is -0.557. The lowest BCUT2D eigenvalue weighted by molar-refractivity contribution is 0.107. The fraction of sp³-hybridized carbons (Fsp3) is 0. The summed E-state index contributed by atoms with van der Waals surface area (Å²) in [6, 6.07) is 1.70. The number of fused-ring (bicyclic) bond motifs is 1. The van der Waals surface area contributed by atoms with Gasteiger partial charge in [-0.05, 0) is 17.7 Å². The van der Waals surface area contributed by atoms with Crippen molar-refractivity contribution in [2.24, 2.45) is 0 Å². The number of hydrogen-bond donors (Lipinski definition) is 0. The second kappa shape index (κ2) is 2.57. The molecule has 0 aliphatic carbocycles. The fourth-order valence-electron chi connectivity index (χ4n) is 0.938. The van der Waals surface area contributed by atoms with Gasteiger partial charge in [-0.3, -0.25) is 9.20 Å². The van der Waals surface area contributed by atoms with Crippen LogP contribution >= 0.6 is 11.6 Å². The molecule has 0 unspecified atom stereocenters. The summed E-state index contributed by atoms with van der Waals surface area (Å²) in [7, 11) is 0. The molecule has 2 aromatic rings. The van der Waals surface area contributed by atoms with E-state index in [2.05, 4.69) is 9.97 Å². The summed E-state index contributed by atoms with van der Waals surface area (Å²) in [5, 5.41) is -0.557. The van der Waals surface area contributed by atoms with Crippen LogP contribution in [0.1, 0.15) is 10.5 Å². The van der Waals surface area contributed by atoms with E-state index in [0.29, 0.717) is 5.65 Å². The standard InChI is InChI=1S/C7H4ClN3O/c8-7(12)5-3-11-4-9-2-1-6(11)10-5/h1-4H. The Morgan fingerprint density at radius 3 is 3.08 bits per heavy atom. The summed E-state index contributed by atoms with van der Waals surface area (Å²) < 4.78 is 1.63. The molecule has 5 heteroatoms. The number of nitrogens with zero attached hydrogens (tertiary/aromatic N) is 3. The molecular weight excluding hydrogens is 178 g/mol. The number of hydrogen-bond acceptors (Lipinski definition) is 3. The van der Waals surface area contributed by atoms with E-state index in [1.807, 2.05) is 0 Å². The monoisotopic (exact) mass is 181 g/mol. The summed E-state index contributed by atoms with van der Waals surface area (Å²) in [5.41, 5.74) is 0.902. The Labute approximate surface area is 72.8 Å². The molecule has 2 heterocycles. The zero-order valence-corrected chi connectivity index (χ0v) is 6.69. The lowest BCUT2D eigenvalue weighted by atomic mass is 10.5. The third-order valence-corrected chi connectivity index (χ3v) is 1.66. The molecule has 2 aromatic heterocycles. The van der Waals surface area contributed by atoms with Crippen molar-refractivity contribution in [3.8, 4) is 0 Å². The van der Waals surface area contributed by atoms with Gasteiger partial charge in [0.1, 0.15) is 17.7 Å². The van der Waals surface area contributed by atoms with Crippen LogP contribution in [-0.2, 0) is 0 Å². The van der Waals surface area contributed by atoms with Crippen molar-refractivity contribution >= 4 is 22.5 Å². The summed E-state index contributed by atoms with van der Waals surface area (Å²) in [5.74, 6) is 0. The molecule has 4 nitrogen and oxygen atoms in total. The van der Waals surface area contributed by atoms with Gasteiger partial charge in [0.15, 0.2) is 0 Å². The number of aromatic nitrogens is 3. The molecule has 12 heavy (non-hydrogen) atoms. The molecular formula is C7H4ClN3O. The Balaban J connectivity index is 2.70. The van der Waals surface area contributed by atoms with E-state index in [1.54, 1.807) is 23.0 Å². The van der Waals surface area contributed by atoms with Gasteiger partial charge in [0.25, 0.3) is 5.24 Å². The maximum atomic E-state index is 10.7. The first kappa shape index (κ1) is 7.24. The first-order valence-electron chi connectivity index (χ1n) is 3.26. The molecule has 0 spiro atoms. The SMILES string of the molecule is O=C(Cl)c1cn2cnccc2n1. The second-order valence-corrected chi connectivity index (χ2v) is 2.59. The summed E-state index contributed by atoms with van der Waals surface area (Å²) in [6.07, 6.45) is 4.70. The number of halogens is 1. The molecule has 0 saturated heterocycles. The predicted molar refractivity (Wildman–Crippen MR) is 43.2 cm³/mol. The second-order valence-electron chi connectivity index (χ2n) is 2.25. The van der Waals surface area contributed by atoms with Crippen molar-refractivity contribution in [1.82, 2.24) is 14.4 Å². The van der Waals surface area contributed by atoms with Crippen molar-refractivity contribution in [1.29, 1.82) is 0 Å². The van der Waals surface area contributed by atoms with E-state index in [9.17, 15) is 4.79 Å². The molecule has 60 valence electrons. The van der Waals surface area contributed by atoms with E-state index in [4.69, 9.17) is 11.6 Å². The molecule has 0 radical (unpaired) electrons. The smallest absolute Gasteiger partial charge is 0.272 e. The Morgan fingerprint density at radius 1 is 1.58 bits per heavy atom.